The van der Waals surface area contributed by atoms with Gasteiger partial charge in [0.1, 0.15) is 5.84 Å². The highest BCUT2D eigenvalue weighted by Gasteiger charge is 2.42. The first-order valence-electron chi connectivity index (χ1n) is 6.10. The zero-order chi connectivity index (χ0) is 12.3. The summed E-state index contributed by atoms with van der Waals surface area (Å²) in [6, 6.07) is 0.413. The summed E-state index contributed by atoms with van der Waals surface area (Å²) in [5.41, 5.74) is 5.61. The molecule has 6 nitrogen and oxygen atoms in total. The summed E-state index contributed by atoms with van der Waals surface area (Å²) in [5, 5.41) is 17.6. The minimum absolute atomic E-state index is 0.0621. The van der Waals surface area contributed by atoms with Crippen molar-refractivity contribution in [1.82, 2.24) is 10.6 Å². The fourth-order valence-electron chi connectivity index (χ4n) is 1.96. The number of carbonyl (C=O) groups excluding carboxylic acids is 1. The van der Waals surface area contributed by atoms with Crippen molar-refractivity contribution in [1.29, 1.82) is 0 Å². The molecule has 0 aliphatic heterocycles. The summed E-state index contributed by atoms with van der Waals surface area (Å²) in [6.45, 7) is 1.11. The minimum atomic E-state index is 0.0621. The molecule has 0 radical (unpaired) electrons. The lowest BCUT2D eigenvalue weighted by atomic mass is 10.0. The number of nitrogens with zero attached hydrogens (tertiary/aromatic N) is 1. The van der Waals surface area contributed by atoms with Crippen molar-refractivity contribution in [3.63, 3.8) is 0 Å². The number of amidine groups is 1. The normalized spacial score (nSPS) is 22.2. The molecule has 0 bridgehead atoms. The van der Waals surface area contributed by atoms with Crippen LogP contribution in [0.25, 0.3) is 0 Å². The highest BCUT2D eigenvalue weighted by Crippen LogP contribution is 2.48. The van der Waals surface area contributed by atoms with Crippen LogP contribution in [-0.4, -0.2) is 36.1 Å². The number of nitrogens with two attached hydrogens (primary N) is 1. The second-order valence-electron chi connectivity index (χ2n) is 5.21. The highest BCUT2D eigenvalue weighted by molar-refractivity contribution is 5.81. The highest BCUT2D eigenvalue weighted by atomic mass is 16.4. The van der Waals surface area contributed by atoms with Gasteiger partial charge in [0, 0.05) is 19.0 Å². The molecule has 5 N–H and O–H groups in total. The molecular weight excluding hydrogens is 220 g/mol. The second-order valence-corrected chi connectivity index (χ2v) is 5.21. The van der Waals surface area contributed by atoms with E-state index in [1.807, 2.05) is 0 Å². The monoisotopic (exact) mass is 240 g/mol. The van der Waals surface area contributed by atoms with E-state index in [1.54, 1.807) is 0 Å². The lowest BCUT2D eigenvalue weighted by Crippen LogP contribution is -2.38. The van der Waals surface area contributed by atoms with E-state index in [0.717, 1.165) is 32.2 Å². The molecule has 2 aliphatic rings. The molecule has 2 aliphatic carbocycles. The van der Waals surface area contributed by atoms with Crippen LogP contribution in [0.2, 0.25) is 0 Å². The van der Waals surface area contributed by atoms with Crippen molar-refractivity contribution in [2.75, 3.05) is 13.1 Å². The van der Waals surface area contributed by atoms with Crippen molar-refractivity contribution < 1.29 is 10.0 Å². The molecule has 0 aromatic rings. The molecule has 2 fully saturated rings. The molecule has 0 saturated heterocycles. The number of rotatable bonds is 7. The maximum Gasteiger partial charge on any atom is 0.234 e. The summed E-state index contributed by atoms with van der Waals surface area (Å²) in [6.07, 6.45) is 4.96. The summed E-state index contributed by atoms with van der Waals surface area (Å²) in [5.74, 6) is 0.332. The van der Waals surface area contributed by atoms with Crippen LogP contribution in [0.3, 0.4) is 0 Å². The molecule has 1 amide bonds. The van der Waals surface area contributed by atoms with Gasteiger partial charge in [-0.2, -0.15) is 0 Å². The van der Waals surface area contributed by atoms with Crippen molar-refractivity contribution in [2.24, 2.45) is 16.3 Å². The summed E-state index contributed by atoms with van der Waals surface area (Å²) in [4.78, 5) is 11.4. The molecule has 6 heteroatoms. The van der Waals surface area contributed by atoms with E-state index in [4.69, 9.17) is 10.9 Å². The Morgan fingerprint density at radius 2 is 2.18 bits per heavy atom. The molecule has 0 aromatic carbocycles. The van der Waals surface area contributed by atoms with Gasteiger partial charge in [-0.25, -0.2) is 0 Å². The summed E-state index contributed by atoms with van der Waals surface area (Å²) >= 11 is 0. The molecule has 0 unspecified atom stereocenters. The lowest BCUT2D eigenvalue weighted by Gasteiger charge is -2.14. The molecular formula is C11H20N4O2. The van der Waals surface area contributed by atoms with E-state index < -0.39 is 0 Å². The number of hydrogen-bond donors (Lipinski definition) is 4. The number of amides is 1. The average Bonchev–Trinajstić information content (AvgIpc) is 3.17. The van der Waals surface area contributed by atoms with Gasteiger partial charge in [0.2, 0.25) is 5.91 Å². The van der Waals surface area contributed by atoms with Crippen LogP contribution in [0, 0.1) is 5.41 Å². The van der Waals surface area contributed by atoms with Gasteiger partial charge in [0.15, 0.2) is 0 Å². The van der Waals surface area contributed by atoms with Crippen molar-refractivity contribution in [3.8, 4) is 0 Å². The van der Waals surface area contributed by atoms with Crippen molar-refractivity contribution in [3.05, 3.63) is 0 Å². The third kappa shape index (κ3) is 3.89. The summed E-state index contributed by atoms with van der Waals surface area (Å²) in [7, 11) is 0. The Morgan fingerprint density at radius 3 is 2.71 bits per heavy atom. The maximum atomic E-state index is 11.4. The van der Waals surface area contributed by atoms with E-state index >= 15 is 0 Å². The molecule has 0 spiro atoms. The largest absolute Gasteiger partial charge is 0.409 e. The van der Waals surface area contributed by atoms with Crippen LogP contribution in [0.4, 0.5) is 0 Å². The Bertz CT molecular complexity index is 321. The molecule has 0 aromatic heterocycles. The lowest BCUT2D eigenvalue weighted by molar-refractivity contribution is -0.120. The predicted molar refractivity (Wildman–Crippen MR) is 63.7 cm³/mol. The van der Waals surface area contributed by atoms with Gasteiger partial charge < -0.3 is 21.6 Å². The van der Waals surface area contributed by atoms with E-state index in [0.29, 0.717) is 19.0 Å². The number of nitrogens with one attached hydrogen (secondary N) is 2. The predicted octanol–water partition coefficient (Wildman–Crippen LogP) is -0.229. The Labute approximate surface area is 101 Å². The molecule has 2 saturated carbocycles. The Kier molecular flexibility index (Phi) is 3.51. The SMILES string of the molecule is NC(CC1(CNCC(=O)NC2CC2)CC1)=NO. The fourth-order valence-corrected chi connectivity index (χ4v) is 1.96. The molecule has 0 heterocycles. The zero-order valence-corrected chi connectivity index (χ0v) is 9.91. The third-order valence-corrected chi connectivity index (χ3v) is 3.37. The first kappa shape index (κ1) is 12.2. The first-order chi connectivity index (χ1) is 8.13. The number of oxime groups is 1. The van der Waals surface area contributed by atoms with E-state index in [1.165, 1.54) is 0 Å². The summed E-state index contributed by atoms with van der Waals surface area (Å²) < 4.78 is 0. The van der Waals surface area contributed by atoms with Crippen LogP contribution in [0.1, 0.15) is 32.1 Å². The van der Waals surface area contributed by atoms with Crippen molar-refractivity contribution >= 4 is 11.7 Å². The smallest absolute Gasteiger partial charge is 0.234 e. The van der Waals surface area contributed by atoms with Gasteiger partial charge in [-0.15, -0.1) is 0 Å². The Morgan fingerprint density at radius 1 is 1.47 bits per heavy atom. The van der Waals surface area contributed by atoms with Crippen LogP contribution in [0.15, 0.2) is 5.16 Å². The van der Waals surface area contributed by atoms with Gasteiger partial charge in [0.25, 0.3) is 0 Å². The van der Waals surface area contributed by atoms with Crippen LogP contribution in [-0.2, 0) is 4.79 Å². The molecule has 0 atom stereocenters. The third-order valence-electron chi connectivity index (χ3n) is 3.37. The van der Waals surface area contributed by atoms with E-state index in [-0.39, 0.29) is 17.2 Å². The topological polar surface area (TPSA) is 99.7 Å². The molecule has 17 heavy (non-hydrogen) atoms. The maximum absolute atomic E-state index is 11.4. The quantitative estimate of drug-likeness (QED) is 0.214. The first-order valence-corrected chi connectivity index (χ1v) is 6.10. The van der Waals surface area contributed by atoms with Crippen molar-refractivity contribution in [2.45, 2.75) is 38.1 Å². The fraction of sp³-hybridized carbons (Fsp3) is 0.818. The van der Waals surface area contributed by atoms with Gasteiger partial charge in [0.05, 0.1) is 6.54 Å². The van der Waals surface area contributed by atoms with Crippen LogP contribution in [0.5, 0.6) is 0 Å². The minimum Gasteiger partial charge on any atom is -0.409 e. The van der Waals surface area contributed by atoms with Gasteiger partial charge in [-0.1, -0.05) is 5.16 Å². The van der Waals surface area contributed by atoms with Crippen LogP contribution < -0.4 is 16.4 Å². The second kappa shape index (κ2) is 4.91. The number of carbonyl (C=O) groups is 1. The van der Waals surface area contributed by atoms with E-state index in [9.17, 15) is 4.79 Å². The van der Waals surface area contributed by atoms with E-state index in [2.05, 4.69) is 15.8 Å². The Hall–Kier alpha value is -1.30. The molecule has 96 valence electrons. The van der Waals surface area contributed by atoms with Gasteiger partial charge in [-0.05, 0) is 31.1 Å². The van der Waals surface area contributed by atoms with Crippen LogP contribution >= 0.6 is 0 Å². The van der Waals surface area contributed by atoms with Gasteiger partial charge in [-0.3, -0.25) is 4.79 Å². The zero-order valence-electron chi connectivity index (χ0n) is 9.91. The molecule has 2 rings (SSSR count). The Balaban J connectivity index is 1.62. The average molecular weight is 240 g/mol. The standard InChI is InChI=1S/C11H20N4O2/c12-9(15-17)5-11(3-4-11)7-13-6-10(16)14-8-1-2-8/h8,13,17H,1-7H2,(H2,12,15)(H,14,16). The number of hydrogen-bond acceptors (Lipinski definition) is 4. The van der Waals surface area contributed by atoms with Gasteiger partial charge >= 0.3 is 0 Å².